The topological polar surface area (TPSA) is 83.6 Å². The Balaban J connectivity index is 0.00000306. The Morgan fingerprint density at radius 2 is 1.70 bits per heavy atom. The van der Waals surface area contributed by atoms with Gasteiger partial charge in [0.2, 0.25) is 0 Å². The molecule has 2 heterocycles. The number of rotatable bonds is 6. The molecule has 0 bridgehead atoms. The van der Waals surface area contributed by atoms with Crippen LogP contribution in [0.2, 0.25) is 0 Å². The van der Waals surface area contributed by atoms with Crippen molar-refractivity contribution >= 4 is 41.5 Å². The summed E-state index contributed by atoms with van der Waals surface area (Å²) >= 11 is 0. The Morgan fingerprint density at radius 1 is 1.00 bits per heavy atom. The van der Waals surface area contributed by atoms with Crippen molar-refractivity contribution in [2.24, 2.45) is 5.92 Å². The van der Waals surface area contributed by atoms with E-state index in [9.17, 15) is 9.59 Å². The van der Waals surface area contributed by atoms with Crippen molar-refractivity contribution in [2.75, 3.05) is 35.2 Å². The van der Waals surface area contributed by atoms with E-state index < -0.39 is 6.09 Å². The van der Waals surface area contributed by atoms with Crippen molar-refractivity contribution in [3.8, 4) is 0 Å². The average Bonchev–Trinajstić information content (AvgIpc) is 2.85. The molecule has 0 radical (unpaired) electrons. The Bertz CT molecular complexity index is 959. The zero-order chi connectivity index (χ0) is 22.2. The number of carbonyl (C=O) groups excluding carboxylic acids is 2. The maximum atomic E-state index is 12.5. The second-order valence-corrected chi connectivity index (χ2v) is 8.33. The summed E-state index contributed by atoms with van der Waals surface area (Å²) in [6, 6.07) is 11.2. The predicted octanol–water partition coefficient (Wildman–Crippen LogP) is 5.41. The number of hydrogen-bond acceptors (Lipinski definition) is 5. The molecule has 1 aromatic heterocycles. The summed E-state index contributed by atoms with van der Waals surface area (Å²) in [5.74, 6) is 0.236. The Labute approximate surface area is 201 Å². The SMILES string of the molecule is Cl.O=C(Nc1ccccc1NC(=O)C1=CCCCC1)OCC1CCN(c2ccncc2)CC1. The molecule has 2 N–H and O–H groups in total. The lowest BCUT2D eigenvalue weighted by atomic mass is 9.97. The van der Waals surface area contributed by atoms with Crippen molar-refractivity contribution < 1.29 is 14.3 Å². The third kappa shape index (κ3) is 6.96. The van der Waals surface area contributed by atoms with Crippen molar-refractivity contribution in [3.63, 3.8) is 0 Å². The van der Waals surface area contributed by atoms with Crippen molar-refractivity contribution in [2.45, 2.75) is 38.5 Å². The highest BCUT2D eigenvalue weighted by Crippen LogP contribution is 2.25. The molecule has 1 aliphatic carbocycles. The summed E-state index contributed by atoms with van der Waals surface area (Å²) < 4.78 is 5.50. The van der Waals surface area contributed by atoms with Gasteiger partial charge in [-0.15, -0.1) is 12.4 Å². The highest BCUT2D eigenvalue weighted by atomic mass is 35.5. The molecule has 33 heavy (non-hydrogen) atoms. The largest absolute Gasteiger partial charge is 0.449 e. The van der Waals surface area contributed by atoms with E-state index in [0.717, 1.165) is 57.2 Å². The Kier molecular flexibility index (Phi) is 9.13. The van der Waals surface area contributed by atoms with E-state index in [1.165, 1.54) is 5.69 Å². The molecule has 1 aliphatic heterocycles. The normalized spacial score (nSPS) is 16.2. The first-order valence-electron chi connectivity index (χ1n) is 11.4. The lowest BCUT2D eigenvalue weighted by Gasteiger charge is -2.33. The molecule has 1 fully saturated rings. The van der Waals surface area contributed by atoms with Crippen LogP contribution in [0.5, 0.6) is 0 Å². The number of nitrogens with zero attached hydrogens (tertiary/aromatic N) is 2. The van der Waals surface area contributed by atoms with Gasteiger partial charge in [-0.05, 0) is 68.7 Å². The Morgan fingerprint density at radius 3 is 2.36 bits per heavy atom. The fourth-order valence-electron chi connectivity index (χ4n) is 4.20. The molecule has 2 aromatic rings. The molecule has 2 amide bonds. The number of aromatic nitrogens is 1. The molecule has 0 spiro atoms. The zero-order valence-electron chi connectivity index (χ0n) is 18.7. The number of nitrogens with one attached hydrogen (secondary N) is 2. The van der Waals surface area contributed by atoms with E-state index in [4.69, 9.17) is 4.74 Å². The van der Waals surface area contributed by atoms with Crippen molar-refractivity contribution in [3.05, 3.63) is 60.4 Å². The van der Waals surface area contributed by atoms with Crippen LogP contribution in [-0.4, -0.2) is 36.7 Å². The highest BCUT2D eigenvalue weighted by Gasteiger charge is 2.21. The first-order chi connectivity index (χ1) is 15.7. The van der Waals surface area contributed by atoms with Crippen LogP contribution in [0.15, 0.2) is 60.4 Å². The number of benzene rings is 1. The van der Waals surface area contributed by atoms with Gasteiger partial charge in [0.15, 0.2) is 0 Å². The van der Waals surface area contributed by atoms with Gasteiger partial charge in [-0.1, -0.05) is 18.2 Å². The number of hydrogen-bond donors (Lipinski definition) is 2. The maximum absolute atomic E-state index is 12.5. The number of pyridine rings is 1. The average molecular weight is 471 g/mol. The molecule has 0 atom stereocenters. The first kappa shape index (κ1) is 24.6. The van der Waals surface area contributed by atoms with Crippen LogP contribution in [0.1, 0.15) is 38.5 Å². The zero-order valence-corrected chi connectivity index (χ0v) is 19.5. The standard InChI is InChI=1S/C25H30N4O3.ClH/c30-24(20-6-2-1-3-7-20)27-22-8-4-5-9-23(22)28-25(31)32-18-19-12-16-29(17-13-19)21-10-14-26-15-11-21;/h4-6,8-11,14-15,19H,1-3,7,12-13,16-18H2,(H,27,30)(H,28,31);1H. The number of carbonyl (C=O) groups is 2. The van der Waals surface area contributed by atoms with Crippen molar-refractivity contribution in [1.29, 1.82) is 0 Å². The molecule has 176 valence electrons. The molecule has 8 heteroatoms. The van der Waals surface area contributed by atoms with Gasteiger partial charge in [-0.25, -0.2) is 4.79 Å². The van der Waals surface area contributed by atoms with Gasteiger partial charge in [0.25, 0.3) is 5.91 Å². The summed E-state index contributed by atoms with van der Waals surface area (Å²) in [6.07, 6.45) is 11.0. The number of para-hydroxylation sites is 2. The summed E-state index contributed by atoms with van der Waals surface area (Å²) in [6.45, 7) is 2.26. The fraction of sp³-hybridized carbons (Fsp3) is 0.400. The van der Waals surface area contributed by atoms with Gasteiger partial charge in [-0.3, -0.25) is 15.1 Å². The van der Waals surface area contributed by atoms with Crippen molar-refractivity contribution in [1.82, 2.24) is 4.98 Å². The van der Waals surface area contributed by atoms with Gasteiger partial charge >= 0.3 is 6.09 Å². The summed E-state index contributed by atoms with van der Waals surface area (Å²) in [7, 11) is 0. The second kappa shape index (κ2) is 12.3. The monoisotopic (exact) mass is 470 g/mol. The smallest absolute Gasteiger partial charge is 0.411 e. The lowest BCUT2D eigenvalue weighted by Crippen LogP contribution is -2.35. The minimum Gasteiger partial charge on any atom is -0.449 e. The number of ether oxygens (including phenoxy) is 1. The lowest BCUT2D eigenvalue weighted by molar-refractivity contribution is -0.113. The third-order valence-corrected chi connectivity index (χ3v) is 6.09. The van der Waals surface area contributed by atoms with Crippen LogP contribution in [-0.2, 0) is 9.53 Å². The number of allylic oxidation sites excluding steroid dienone is 1. The minimum atomic E-state index is -0.500. The van der Waals surface area contributed by atoms with Gasteiger partial charge in [0.05, 0.1) is 18.0 Å². The van der Waals surface area contributed by atoms with E-state index >= 15 is 0 Å². The van der Waals surface area contributed by atoms with Crippen LogP contribution in [0, 0.1) is 5.92 Å². The molecule has 0 saturated carbocycles. The molecular formula is C25H31ClN4O3. The van der Waals surface area contributed by atoms with E-state index in [2.05, 4.69) is 20.5 Å². The molecule has 0 unspecified atom stereocenters. The van der Waals surface area contributed by atoms with Crippen LogP contribution >= 0.6 is 12.4 Å². The first-order valence-corrected chi connectivity index (χ1v) is 11.4. The van der Waals surface area contributed by atoms with Crippen LogP contribution in [0.4, 0.5) is 21.9 Å². The van der Waals surface area contributed by atoms with E-state index in [1.807, 2.05) is 30.3 Å². The Hall–Kier alpha value is -3.06. The molecule has 1 saturated heterocycles. The molecule has 4 rings (SSSR count). The van der Waals surface area contributed by atoms with E-state index in [1.54, 1.807) is 24.5 Å². The summed E-state index contributed by atoms with van der Waals surface area (Å²) in [5.41, 5.74) is 3.10. The number of amides is 2. The number of anilines is 3. The fourth-order valence-corrected chi connectivity index (χ4v) is 4.20. The number of piperidine rings is 1. The molecule has 2 aliphatic rings. The van der Waals surface area contributed by atoms with Gasteiger partial charge < -0.3 is 15.0 Å². The molecular weight excluding hydrogens is 440 g/mol. The molecule has 7 nitrogen and oxygen atoms in total. The molecule has 1 aromatic carbocycles. The van der Waals surface area contributed by atoms with Gasteiger partial charge in [0.1, 0.15) is 0 Å². The summed E-state index contributed by atoms with van der Waals surface area (Å²) in [4.78, 5) is 31.3. The second-order valence-electron chi connectivity index (χ2n) is 8.33. The third-order valence-electron chi connectivity index (χ3n) is 6.09. The van der Waals surface area contributed by atoms with Crippen LogP contribution < -0.4 is 15.5 Å². The maximum Gasteiger partial charge on any atom is 0.411 e. The number of halogens is 1. The quantitative estimate of drug-likeness (QED) is 0.590. The van der Waals surface area contributed by atoms with Crippen LogP contribution in [0.3, 0.4) is 0 Å². The van der Waals surface area contributed by atoms with E-state index in [0.29, 0.717) is 23.9 Å². The van der Waals surface area contributed by atoms with Gasteiger partial charge in [-0.2, -0.15) is 0 Å². The van der Waals surface area contributed by atoms with E-state index in [-0.39, 0.29) is 18.3 Å². The highest BCUT2D eigenvalue weighted by molar-refractivity contribution is 6.06. The van der Waals surface area contributed by atoms with Crippen LogP contribution in [0.25, 0.3) is 0 Å². The minimum absolute atomic E-state index is 0. The predicted molar refractivity (Wildman–Crippen MR) is 133 cm³/mol. The van der Waals surface area contributed by atoms with Gasteiger partial charge in [0, 0.05) is 36.7 Å². The summed E-state index contributed by atoms with van der Waals surface area (Å²) in [5, 5.41) is 5.70.